The predicted octanol–water partition coefficient (Wildman–Crippen LogP) is 3.34. The van der Waals surface area contributed by atoms with Crippen molar-refractivity contribution in [1.29, 1.82) is 0 Å². The number of aromatic carboxylic acids is 1. The molecule has 0 aliphatic carbocycles. The summed E-state index contributed by atoms with van der Waals surface area (Å²) in [7, 11) is 0. The first-order valence-corrected chi connectivity index (χ1v) is 8.59. The number of rotatable bonds is 3. The number of nitrogens with one attached hydrogen (secondary N) is 3. The van der Waals surface area contributed by atoms with Crippen LogP contribution in [-0.4, -0.2) is 28.0 Å². The molecule has 1 aromatic heterocycles. The van der Waals surface area contributed by atoms with Crippen LogP contribution in [0.5, 0.6) is 5.75 Å². The van der Waals surface area contributed by atoms with Crippen molar-refractivity contribution in [3.8, 4) is 5.75 Å². The number of carboxylic acids is 1. The van der Waals surface area contributed by atoms with E-state index >= 15 is 0 Å². The summed E-state index contributed by atoms with van der Waals surface area (Å²) in [4.78, 5) is 16.1. The summed E-state index contributed by atoms with van der Waals surface area (Å²) in [5.74, 6) is -0.525. The second-order valence-corrected chi connectivity index (χ2v) is 7.45. The van der Waals surface area contributed by atoms with Gasteiger partial charge in [-0.2, -0.15) is 0 Å². The minimum atomic E-state index is -0.987. The summed E-state index contributed by atoms with van der Waals surface area (Å²) < 4.78 is 5.92. The maximum Gasteiger partial charge on any atom is 0.339 e. The Balaban J connectivity index is 1.66. The van der Waals surface area contributed by atoms with Gasteiger partial charge >= 0.3 is 5.97 Å². The monoisotopic (exact) mass is 354 g/mol. The maximum atomic E-state index is 11.7. The molecule has 0 amide bonds. The summed E-state index contributed by atoms with van der Waals surface area (Å²) >= 11 is 0. The molecule has 0 saturated carbocycles. The van der Waals surface area contributed by atoms with Gasteiger partial charge in [0.25, 0.3) is 0 Å². The molecule has 0 fully saturated rings. The average molecular weight is 354 g/mol. The molecule has 4 N–H and O–H groups in total. The van der Waals surface area contributed by atoms with E-state index in [0.29, 0.717) is 12.2 Å². The van der Waals surface area contributed by atoms with Crippen molar-refractivity contribution in [2.24, 2.45) is 0 Å². The minimum absolute atomic E-state index is 0.187. The fourth-order valence-corrected chi connectivity index (χ4v) is 3.58. The molecule has 0 saturated heterocycles. The molecule has 0 spiro atoms. The molecular formula is C19H22N4O3. The molecule has 2 aliphatic rings. The van der Waals surface area contributed by atoms with E-state index in [1.54, 1.807) is 6.07 Å². The number of fused-ring (bicyclic) bond motifs is 3. The Bertz CT molecular complexity index is 923. The van der Waals surface area contributed by atoms with Gasteiger partial charge in [-0.15, -0.1) is 0 Å². The van der Waals surface area contributed by atoms with Crippen LogP contribution in [0.25, 0.3) is 0 Å². The van der Waals surface area contributed by atoms with Gasteiger partial charge in [0.1, 0.15) is 16.9 Å². The van der Waals surface area contributed by atoms with Gasteiger partial charge in [0.2, 0.25) is 0 Å². The van der Waals surface area contributed by atoms with Crippen molar-refractivity contribution in [3.63, 3.8) is 0 Å². The fourth-order valence-electron chi connectivity index (χ4n) is 3.58. The number of anilines is 3. The second kappa shape index (κ2) is 5.52. The summed E-state index contributed by atoms with van der Waals surface area (Å²) in [6, 6.07) is 5.57. The Morgan fingerprint density at radius 1 is 1.35 bits per heavy atom. The summed E-state index contributed by atoms with van der Waals surface area (Å²) in [6.07, 6.45) is 0.392. The van der Waals surface area contributed by atoms with Crippen LogP contribution < -0.4 is 20.7 Å². The Morgan fingerprint density at radius 3 is 2.81 bits per heavy atom. The normalized spacial score (nSPS) is 19.0. The number of aromatic nitrogens is 1. The van der Waals surface area contributed by atoms with Crippen LogP contribution in [0.1, 0.15) is 41.2 Å². The molecule has 1 unspecified atom stereocenters. The Labute approximate surface area is 151 Å². The lowest BCUT2D eigenvalue weighted by molar-refractivity contribution is 0.0685. The van der Waals surface area contributed by atoms with Gasteiger partial charge in [0, 0.05) is 17.7 Å². The van der Waals surface area contributed by atoms with Gasteiger partial charge in [-0.1, -0.05) is 0 Å². The van der Waals surface area contributed by atoms with Gasteiger partial charge in [-0.3, -0.25) is 4.98 Å². The molecule has 136 valence electrons. The van der Waals surface area contributed by atoms with Crippen LogP contribution in [0.4, 0.5) is 17.1 Å². The van der Waals surface area contributed by atoms with E-state index in [9.17, 15) is 9.90 Å². The molecule has 1 aromatic carbocycles. The summed E-state index contributed by atoms with van der Waals surface area (Å²) in [6.45, 7) is 7.83. The zero-order chi connectivity index (χ0) is 18.6. The lowest BCUT2D eigenvalue weighted by Gasteiger charge is -2.18. The molecule has 7 nitrogen and oxygen atoms in total. The number of carboxylic acid groups (broad SMARTS) is 1. The lowest BCUT2D eigenvalue weighted by Crippen LogP contribution is -2.32. The number of hydrogen-bond acceptors (Lipinski definition) is 6. The van der Waals surface area contributed by atoms with Crippen molar-refractivity contribution in [2.75, 3.05) is 16.0 Å². The Kier molecular flexibility index (Phi) is 3.50. The van der Waals surface area contributed by atoms with Crippen LogP contribution >= 0.6 is 0 Å². The number of pyridine rings is 1. The molecule has 4 rings (SSSR count). The van der Waals surface area contributed by atoms with E-state index < -0.39 is 11.6 Å². The number of ether oxygens (including phenoxy) is 1. The molecule has 0 radical (unpaired) electrons. The van der Waals surface area contributed by atoms with Crippen molar-refractivity contribution in [2.45, 2.75) is 46.0 Å². The first-order chi connectivity index (χ1) is 12.2. The third-order valence-electron chi connectivity index (χ3n) is 4.70. The van der Waals surface area contributed by atoms with E-state index in [0.717, 1.165) is 34.0 Å². The van der Waals surface area contributed by atoms with Gasteiger partial charge < -0.3 is 25.8 Å². The Morgan fingerprint density at radius 2 is 2.12 bits per heavy atom. The highest BCUT2D eigenvalue weighted by Crippen LogP contribution is 2.47. The van der Waals surface area contributed by atoms with Crippen LogP contribution in [0.15, 0.2) is 18.2 Å². The van der Waals surface area contributed by atoms with Gasteiger partial charge in [0.05, 0.1) is 22.8 Å². The van der Waals surface area contributed by atoms with Crippen molar-refractivity contribution < 1.29 is 14.6 Å². The molecule has 3 heterocycles. The van der Waals surface area contributed by atoms with E-state index in [1.165, 1.54) is 0 Å². The van der Waals surface area contributed by atoms with Gasteiger partial charge in [-0.25, -0.2) is 4.79 Å². The lowest BCUT2D eigenvalue weighted by atomic mass is 9.98. The van der Waals surface area contributed by atoms with E-state index in [1.807, 2.05) is 39.8 Å². The SMILES string of the molecule is Cc1ccc(NC2Nc3cc(C(=O)O)c4c(c3N2)CC(C)(C)O4)c(C)n1. The third kappa shape index (κ3) is 2.69. The fraction of sp³-hybridized carbons (Fsp3) is 0.368. The van der Waals surface area contributed by atoms with Crippen LogP contribution in [0.2, 0.25) is 0 Å². The highest BCUT2D eigenvalue weighted by molar-refractivity contribution is 5.97. The topological polar surface area (TPSA) is 95.5 Å². The van der Waals surface area contributed by atoms with Crippen LogP contribution in [-0.2, 0) is 6.42 Å². The quantitative estimate of drug-likeness (QED) is 0.671. The number of benzene rings is 1. The third-order valence-corrected chi connectivity index (χ3v) is 4.70. The molecule has 26 heavy (non-hydrogen) atoms. The largest absolute Gasteiger partial charge is 0.486 e. The first-order valence-electron chi connectivity index (χ1n) is 8.59. The van der Waals surface area contributed by atoms with Crippen LogP contribution in [0.3, 0.4) is 0 Å². The molecule has 7 heteroatoms. The van der Waals surface area contributed by atoms with E-state index in [4.69, 9.17) is 4.74 Å². The number of aryl methyl sites for hydroxylation is 2. The number of hydrogen-bond donors (Lipinski definition) is 4. The molecule has 1 atom stereocenters. The van der Waals surface area contributed by atoms with Crippen molar-refractivity contribution in [3.05, 3.63) is 40.7 Å². The maximum absolute atomic E-state index is 11.7. The van der Waals surface area contributed by atoms with E-state index in [-0.39, 0.29) is 11.9 Å². The Hall–Kier alpha value is -2.96. The predicted molar refractivity (Wildman–Crippen MR) is 100 cm³/mol. The first kappa shape index (κ1) is 16.5. The summed E-state index contributed by atoms with van der Waals surface area (Å²) in [5, 5.41) is 19.6. The van der Waals surface area contributed by atoms with Crippen molar-refractivity contribution >= 4 is 23.0 Å². The highest BCUT2D eigenvalue weighted by atomic mass is 16.5. The number of carbonyl (C=O) groups is 1. The molecule has 2 aliphatic heterocycles. The van der Waals surface area contributed by atoms with Gasteiger partial charge in [-0.05, 0) is 45.9 Å². The van der Waals surface area contributed by atoms with Gasteiger partial charge in [0.15, 0.2) is 6.29 Å². The summed E-state index contributed by atoms with van der Waals surface area (Å²) in [5.41, 5.74) is 5.11. The van der Waals surface area contributed by atoms with Crippen LogP contribution in [0, 0.1) is 13.8 Å². The van der Waals surface area contributed by atoms with Crippen molar-refractivity contribution in [1.82, 2.24) is 4.98 Å². The second-order valence-electron chi connectivity index (χ2n) is 7.45. The minimum Gasteiger partial charge on any atom is -0.486 e. The molecule has 2 aromatic rings. The zero-order valence-corrected chi connectivity index (χ0v) is 15.2. The molecular weight excluding hydrogens is 332 g/mol. The standard InChI is InChI=1S/C19H22N4O3/c1-9-5-6-13(10(2)20-9)21-18-22-14-7-11(17(24)25)16-12(15(14)23-18)8-19(3,4)26-16/h5-7,18,21-23H,8H2,1-4H3,(H,24,25). The molecule has 0 bridgehead atoms. The average Bonchev–Trinajstić information content (AvgIpc) is 3.08. The number of nitrogens with zero attached hydrogens (tertiary/aromatic N) is 1. The zero-order valence-electron chi connectivity index (χ0n) is 15.2. The highest BCUT2D eigenvalue weighted by Gasteiger charge is 2.39. The van der Waals surface area contributed by atoms with E-state index in [2.05, 4.69) is 20.9 Å². The smallest absolute Gasteiger partial charge is 0.339 e.